The van der Waals surface area contributed by atoms with Crippen molar-refractivity contribution in [1.82, 2.24) is 0 Å². The summed E-state index contributed by atoms with van der Waals surface area (Å²) in [6, 6.07) is 5.45. The van der Waals surface area contributed by atoms with E-state index < -0.39 is 21.3 Å². The van der Waals surface area contributed by atoms with Gasteiger partial charge in [0.15, 0.2) is 0 Å². The maximum absolute atomic E-state index is 12.3. The number of hydrazone groups is 1. The average Bonchev–Trinajstić information content (AvgIpc) is 2.56. The molecule has 0 saturated heterocycles. The molecule has 0 fully saturated rings. The van der Waals surface area contributed by atoms with Crippen molar-refractivity contribution in [3.63, 3.8) is 0 Å². The molecule has 130 valence electrons. The third-order valence-electron chi connectivity index (χ3n) is 3.53. The number of hydrogen-bond acceptors (Lipinski definition) is 7. The van der Waals surface area contributed by atoms with Crippen LogP contribution in [0.25, 0.3) is 0 Å². The first kappa shape index (κ1) is 18.1. The molecule has 0 aliphatic carbocycles. The van der Waals surface area contributed by atoms with Crippen LogP contribution in [0.5, 0.6) is 5.75 Å². The van der Waals surface area contributed by atoms with E-state index in [1.807, 2.05) is 0 Å². The molecule has 25 heavy (non-hydrogen) atoms. The molecule has 1 N–H and O–H groups in total. The van der Waals surface area contributed by atoms with Gasteiger partial charge in [-0.3, -0.25) is 25.7 Å². The highest BCUT2D eigenvalue weighted by Crippen LogP contribution is 2.38. The Hall–Kier alpha value is -3.20. The first-order chi connectivity index (χ1) is 11.7. The minimum absolute atomic E-state index is 0.00304. The number of nitrogens with one attached hydrogen (secondary N) is 1. The maximum Gasteiger partial charge on any atom is 0.269 e. The van der Waals surface area contributed by atoms with Gasteiger partial charge in [-0.1, -0.05) is 11.6 Å². The smallest absolute Gasteiger partial charge is 0.269 e. The molecule has 0 aliphatic heterocycles. The Bertz CT molecular complexity index is 881. The van der Waals surface area contributed by atoms with Crippen molar-refractivity contribution in [2.75, 3.05) is 5.43 Å². The van der Waals surface area contributed by atoms with Crippen LogP contribution in [0.3, 0.4) is 0 Å². The summed E-state index contributed by atoms with van der Waals surface area (Å²) in [5, 5.41) is 37.9. The molecule has 0 bridgehead atoms. The van der Waals surface area contributed by atoms with Crippen LogP contribution in [0.1, 0.15) is 16.7 Å². The molecule has 0 spiro atoms. The highest BCUT2D eigenvalue weighted by Gasteiger charge is 2.20. The van der Waals surface area contributed by atoms with E-state index in [1.54, 1.807) is 6.92 Å². The van der Waals surface area contributed by atoms with Gasteiger partial charge in [-0.15, -0.1) is 0 Å². The molecule has 0 saturated carbocycles. The molecule has 2 aromatic rings. The van der Waals surface area contributed by atoms with Crippen molar-refractivity contribution in [2.45, 2.75) is 13.8 Å². The molecule has 2 aromatic carbocycles. The second kappa shape index (κ2) is 7.14. The fourth-order valence-corrected chi connectivity index (χ4v) is 2.37. The van der Waals surface area contributed by atoms with Crippen molar-refractivity contribution < 1.29 is 15.0 Å². The Morgan fingerprint density at radius 1 is 1.08 bits per heavy atom. The van der Waals surface area contributed by atoms with Gasteiger partial charge in [0.25, 0.3) is 11.4 Å². The maximum atomic E-state index is 12.3. The highest BCUT2D eigenvalue weighted by atomic mass is 35.5. The molecule has 0 amide bonds. The predicted octanol–water partition coefficient (Wildman–Crippen LogP) is 3.29. The quantitative estimate of drug-likeness (QED) is 0.492. The van der Waals surface area contributed by atoms with Gasteiger partial charge in [-0.05, 0) is 42.9 Å². The van der Waals surface area contributed by atoms with Gasteiger partial charge in [0.2, 0.25) is 0 Å². The minimum Gasteiger partial charge on any atom is -0.867 e. The van der Waals surface area contributed by atoms with Crippen LogP contribution in [-0.2, 0) is 0 Å². The molecule has 0 unspecified atom stereocenters. The van der Waals surface area contributed by atoms with Crippen LogP contribution in [0, 0.1) is 34.1 Å². The normalized spacial score (nSPS) is 10.8. The molecule has 10 heteroatoms. The van der Waals surface area contributed by atoms with Crippen molar-refractivity contribution in [1.29, 1.82) is 0 Å². The molecule has 9 nitrogen and oxygen atoms in total. The number of nitro groups is 2. The van der Waals surface area contributed by atoms with Crippen LogP contribution >= 0.6 is 11.6 Å². The lowest BCUT2D eigenvalue weighted by Crippen LogP contribution is -2.07. The van der Waals surface area contributed by atoms with Gasteiger partial charge >= 0.3 is 0 Å². The number of rotatable bonds is 5. The van der Waals surface area contributed by atoms with Crippen LogP contribution in [-0.4, -0.2) is 16.1 Å². The molecular weight excluding hydrogens is 352 g/mol. The number of nitrogens with zero attached hydrogens (tertiary/aromatic N) is 3. The van der Waals surface area contributed by atoms with E-state index in [4.69, 9.17) is 11.6 Å². The Morgan fingerprint density at radius 3 is 2.20 bits per heavy atom. The lowest BCUT2D eigenvalue weighted by atomic mass is 10.0. The van der Waals surface area contributed by atoms with Gasteiger partial charge in [0.1, 0.15) is 0 Å². The van der Waals surface area contributed by atoms with Gasteiger partial charge in [-0.25, -0.2) is 0 Å². The van der Waals surface area contributed by atoms with Crippen molar-refractivity contribution >= 4 is 34.9 Å². The molecule has 0 aliphatic rings. The lowest BCUT2D eigenvalue weighted by Gasteiger charge is -2.17. The number of anilines is 1. The predicted molar refractivity (Wildman–Crippen MR) is 91.3 cm³/mol. The second-order valence-corrected chi connectivity index (χ2v) is 5.46. The van der Waals surface area contributed by atoms with Crippen molar-refractivity contribution in [3.05, 3.63) is 66.2 Å². The number of nitro benzene ring substituents is 2. The topological polar surface area (TPSA) is 134 Å². The zero-order valence-electron chi connectivity index (χ0n) is 13.1. The van der Waals surface area contributed by atoms with E-state index >= 15 is 0 Å². The molecule has 2 rings (SSSR count). The van der Waals surface area contributed by atoms with E-state index in [9.17, 15) is 25.3 Å². The first-order valence-electron chi connectivity index (χ1n) is 6.91. The molecule has 0 heterocycles. The summed E-state index contributed by atoms with van der Waals surface area (Å²) >= 11 is 6.06. The largest absolute Gasteiger partial charge is 0.867 e. The second-order valence-electron chi connectivity index (χ2n) is 5.09. The van der Waals surface area contributed by atoms with Gasteiger partial charge in [-0.2, -0.15) is 5.10 Å². The Balaban J connectivity index is 2.32. The summed E-state index contributed by atoms with van der Waals surface area (Å²) in [5.41, 5.74) is 2.85. The summed E-state index contributed by atoms with van der Waals surface area (Å²) in [6.45, 7) is 2.97. The van der Waals surface area contributed by atoms with Crippen molar-refractivity contribution in [3.8, 4) is 5.75 Å². The number of hydrogen-bond donors (Lipinski definition) is 1. The molecule has 0 atom stereocenters. The van der Waals surface area contributed by atoms with Crippen LogP contribution in [0.15, 0.2) is 29.4 Å². The van der Waals surface area contributed by atoms with Crippen LogP contribution in [0.2, 0.25) is 5.02 Å². The summed E-state index contributed by atoms with van der Waals surface area (Å²) in [4.78, 5) is 20.4. The summed E-state index contributed by atoms with van der Waals surface area (Å²) in [6.07, 6.45) is 1.14. The average molecular weight is 364 g/mol. The fraction of sp³-hybridized carbons (Fsp3) is 0.133. The number of benzene rings is 2. The van der Waals surface area contributed by atoms with E-state index in [2.05, 4.69) is 10.5 Å². The van der Waals surface area contributed by atoms with Gasteiger partial charge < -0.3 is 5.11 Å². The fourth-order valence-electron chi connectivity index (χ4n) is 2.18. The van der Waals surface area contributed by atoms with Gasteiger partial charge in [0, 0.05) is 17.7 Å². The number of halogens is 1. The molecular formula is C15H12ClN4O5-. The van der Waals surface area contributed by atoms with E-state index in [-0.39, 0.29) is 21.8 Å². The molecule has 0 aromatic heterocycles. The monoisotopic (exact) mass is 363 g/mol. The Labute approximate surface area is 146 Å². The first-order valence-corrected chi connectivity index (χ1v) is 7.29. The summed E-state index contributed by atoms with van der Waals surface area (Å²) in [7, 11) is 0. The van der Waals surface area contributed by atoms with E-state index in [0.717, 1.165) is 6.21 Å². The standard InChI is InChI=1S/C15H13ClN4O5/c1-8-12(15(21)14(20(24)25)9(2)13(8)16)7-17-18-10-3-5-11(6-4-10)19(22)23/h3-7,18,21H,1-2H3/p-1/b17-7-. The highest BCUT2D eigenvalue weighted by molar-refractivity contribution is 6.33. The zero-order chi connectivity index (χ0) is 18.7. The SMILES string of the molecule is Cc1c(Cl)c(C)c([N+](=O)[O-])c([O-])c1/C=N\Nc1ccc([N+](=O)[O-])cc1. The van der Waals surface area contributed by atoms with E-state index in [1.165, 1.54) is 31.2 Å². The lowest BCUT2D eigenvalue weighted by molar-refractivity contribution is -0.398. The summed E-state index contributed by atoms with van der Waals surface area (Å²) in [5.74, 6) is -0.779. The third-order valence-corrected chi connectivity index (χ3v) is 4.09. The molecule has 0 radical (unpaired) electrons. The Morgan fingerprint density at radius 2 is 1.68 bits per heavy atom. The third kappa shape index (κ3) is 3.66. The minimum atomic E-state index is -0.779. The van der Waals surface area contributed by atoms with E-state index in [0.29, 0.717) is 11.3 Å². The summed E-state index contributed by atoms with van der Waals surface area (Å²) < 4.78 is 0. The van der Waals surface area contributed by atoms with Crippen LogP contribution < -0.4 is 10.5 Å². The Kier molecular flexibility index (Phi) is 5.18. The number of non-ortho nitro benzene ring substituents is 1. The van der Waals surface area contributed by atoms with Gasteiger partial charge in [0.05, 0.1) is 26.8 Å². The van der Waals surface area contributed by atoms with Crippen LogP contribution in [0.4, 0.5) is 17.1 Å². The van der Waals surface area contributed by atoms with Crippen molar-refractivity contribution in [2.24, 2.45) is 5.10 Å². The zero-order valence-corrected chi connectivity index (χ0v) is 13.9.